The van der Waals surface area contributed by atoms with Crippen LogP contribution in [0, 0.1) is 3.95 Å². The van der Waals surface area contributed by atoms with E-state index in [0.717, 1.165) is 35.6 Å². The number of aromatic nitrogens is 1. The van der Waals surface area contributed by atoms with Gasteiger partial charge in [0.05, 0.1) is 45.0 Å². The van der Waals surface area contributed by atoms with Crippen molar-refractivity contribution in [2.75, 3.05) is 26.9 Å². The van der Waals surface area contributed by atoms with Crippen molar-refractivity contribution in [1.82, 2.24) is 4.57 Å². The maximum absolute atomic E-state index is 13.1. The van der Waals surface area contributed by atoms with Crippen molar-refractivity contribution < 1.29 is 26.7 Å². The zero-order valence-electron chi connectivity index (χ0n) is 20.2. The Hall–Kier alpha value is -3.02. The lowest BCUT2D eigenvalue weighted by atomic mass is 10.2. The van der Waals surface area contributed by atoms with Crippen LogP contribution < -0.4 is 14.3 Å². The van der Waals surface area contributed by atoms with E-state index in [0.29, 0.717) is 36.5 Å². The Kier molecular flexibility index (Phi) is 8.34. The molecule has 0 spiro atoms. The second kappa shape index (κ2) is 11.2. The van der Waals surface area contributed by atoms with Crippen molar-refractivity contribution in [2.45, 2.75) is 0 Å². The summed E-state index contributed by atoms with van der Waals surface area (Å²) in [5.74, 6) is -0.523. The minimum Gasteiger partial charge on any atom is -0.493 e. The van der Waals surface area contributed by atoms with Gasteiger partial charge >= 0.3 is 0 Å². The van der Waals surface area contributed by atoms with E-state index < -0.39 is 20.0 Å². The third kappa shape index (κ3) is 7.14. The van der Waals surface area contributed by atoms with Gasteiger partial charge in [0.1, 0.15) is 0 Å². The lowest BCUT2D eigenvalue weighted by Gasteiger charge is -2.15. The van der Waals surface area contributed by atoms with Crippen molar-refractivity contribution in [2.24, 2.45) is 0 Å². The van der Waals surface area contributed by atoms with Gasteiger partial charge in [-0.1, -0.05) is 42.2 Å². The van der Waals surface area contributed by atoms with Gasteiger partial charge in [-0.2, -0.15) is 0 Å². The number of carbonyl (C=O) groups is 1. The Morgan fingerprint density at radius 3 is 2.08 bits per heavy atom. The summed E-state index contributed by atoms with van der Waals surface area (Å²) in [5.41, 5.74) is 1.50. The number of rotatable bonds is 8. The topological polar surface area (TPSA) is 138 Å². The highest BCUT2D eigenvalue weighted by molar-refractivity contribution is 8.27. The van der Waals surface area contributed by atoms with Crippen LogP contribution in [0.3, 0.4) is 0 Å². The molecule has 204 valence electrons. The van der Waals surface area contributed by atoms with E-state index in [1.54, 1.807) is 60.7 Å². The number of anilines is 3. The molecule has 2 aromatic carbocycles. The Balaban J connectivity index is 1.56. The van der Waals surface area contributed by atoms with Crippen LogP contribution in [0.1, 0.15) is 4.88 Å². The van der Waals surface area contributed by atoms with Gasteiger partial charge in [0.25, 0.3) is 5.91 Å². The number of thioether (sulfide) groups is 1. The highest BCUT2D eigenvalue weighted by Gasteiger charge is 2.33. The van der Waals surface area contributed by atoms with Gasteiger partial charge in [0, 0.05) is 0 Å². The average molecular weight is 641 g/mol. The molecule has 1 aliphatic rings. The minimum absolute atomic E-state index is 0.145. The van der Waals surface area contributed by atoms with Gasteiger partial charge in [0.15, 0.2) is 8.27 Å². The molecule has 4 rings (SSSR count). The van der Waals surface area contributed by atoms with Crippen LogP contribution in [0.4, 0.5) is 17.1 Å². The summed E-state index contributed by atoms with van der Waals surface area (Å²) in [6.07, 6.45) is 6.80. The van der Waals surface area contributed by atoms with E-state index in [1.165, 1.54) is 15.5 Å². The number of amides is 1. The van der Waals surface area contributed by atoms with Gasteiger partial charge in [0.2, 0.25) is 25.9 Å². The van der Waals surface area contributed by atoms with Crippen LogP contribution in [-0.4, -0.2) is 49.2 Å². The molecule has 0 atom stereocenters. The third-order valence-corrected chi connectivity index (χ3v) is 8.78. The smallest absolute Gasteiger partial charge is 0.270 e. The monoisotopic (exact) mass is 640 g/mol. The van der Waals surface area contributed by atoms with E-state index in [4.69, 9.17) is 24.4 Å². The Bertz CT molecular complexity index is 1820. The fraction of sp³-hybridized carbons (Fsp3) is 0.0870. The number of thiazole rings is 1. The van der Waals surface area contributed by atoms with Gasteiger partial charge in [-0.05, 0) is 60.8 Å². The molecular weight excluding hydrogens is 621 g/mol. The predicted octanol–water partition coefficient (Wildman–Crippen LogP) is 4.68. The number of carbonyl (C=O) groups excluding carboxylic acids is 1. The van der Waals surface area contributed by atoms with Crippen LogP contribution in [-0.2, 0) is 24.8 Å². The molecule has 10 nitrogen and oxygen atoms in total. The standard InChI is InChI=1S/C23H20N4O6S6/c1-38(30,31)24-14-6-3-8-16(12-14)26-20(28)18(36-22(26)34)10-5-11-19-21(29)27(23(35)37-19)17-9-4-7-15(13-17)25-39(2,32)33/h3-13,24-25,28H,1-2H3. The average Bonchev–Trinajstić information content (AvgIpc) is 3.25. The minimum atomic E-state index is -3.49. The second-order valence-corrected chi connectivity index (χ2v) is 15.0. The lowest BCUT2D eigenvalue weighted by molar-refractivity contribution is -0.113. The van der Waals surface area contributed by atoms with Crippen molar-refractivity contribution >= 4 is 101 Å². The van der Waals surface area contributed by atoms with Crippen LogP contribution in [0.15, 0.2) is 65.6 Å². The van der Waals surface area contributed by atoms with E-state index in [1.807, 2.05) is 0 Å². The summed E-state index contributed by atoms with van der Waals surface area (Å²) in [6.45, 7) is 0. The van der Waals surface area contributed by atoms with E-state index in [9.17, 15) is 26.7 Å². The zero-order valence-corrected chi connectivity index (χ0v) is 25.1. The first-order chi connectivity index (χ1) is 18.2. The number of allylic oxidation sites excluding steroid dienone is 2. The zero-order chi connectivity index (χ0) is 28.5. The molecule has 3 aromatic rings. The van der Waals surface area contributed by atoms with Crippen molar-refractivity contribution in [1.29, 1.82) is 0 Å². The van der Waals surface area contributed by atoms with Crippen LogP contribution in [0.2, 0.25) is 0 Å². The Labute approximate surface area is 243 Å². The number of hydrogen-bond donors (Lipinski definition) is 3. The van der Waals surface area contributed by atoms with E-state index in [2.05, 4.69) is 9.44 Å². The molecule has 0 bridgehead atoms. The molecular formula is C23H20N4O6S6. The molecule has 1 amide bonds. The van der Waals surface area contributed by atoms with Crippen LogP contribution in [0.25, 0.3) is 11.8 Å². The van der Waals surface area contributed by atoms with E-state index in [-0.39, 0.29) is 16.1 Å². The molecule has 0 aliphatic carbocycles. The SMILES string of the molecule is CS(=O)(=O)Nc1cccc(N2C(=O)C(=CC=Cc3sc(=S)n(-c4cccc(NS(C)(=O)=O)c4)c3O)SC2=S)c1. The molecule has 3 N–H and O–H groups in total. The number of aromatic hydroxyl groups is 1. The van der Waals surface area contributed by atoms with Crippen molar-refractivity contribution in [3.8, 4) is 11.6 Å². The first-order valence-electron chi connectivity index (χ1n) is 10.8. The normalized spacial score (nSPS) is 15.4. The van der Waals surface area contributed by atoms with Gasteiger partial charge in [-0.25, -0.2) is 16.8 Å². The number of sulfonamides is 2. The highest BCUT2D eigenvalue weighted by Crippen LogP contribution is 2.36. The predicted molar refractivity (Wildman–Crippen MR) is 164 cm³/mol. The Morgan fingerprint density at radius 1 is 0.923 bits per heavy atom. The first-order valence-corrected chi connectivity index (χ1v) is 17.0. The number of benzene rings is 2. The molecule has 0 saturated carbocycles. The highest BCUT2D eigenvalue weighted by atomic mass is 32.2. The fourth-order valence-corrected chi connectivity index (χ4v) is 7.11. The Morgan fingerprint density at radius 2 is 1.49 bits per heavy atom. The summed E-state index contributed by atoms with van der Waals surface area (Å²) >= 11 is 13.0. The summed E-state index contributed by atoms with van der Waals surface area (Å²) in [7, 11) is -6.98. The number of nitrogens with one attached hydrogen (secondary N) is 2. The molecule has 1 aliphatic heterocycles. The van der Waals surface area contributed by atoms with Gasteiger partial charge < -0.3 is 5.11 Å². The first kappa shape index (κ1) is 29.0. The molecule has 1 fully saturated rings. The number of nitrogens with zero attached hydrogens (tertiary/aromatic N) is 2. The molecule has 1 aromatic heterocycles. The molecule has 0 radical (unpaired) electrons. The molecule has 1 saturated heterocycles. The number of thiocarbonyl (C=S) groups is 1. The second-order valence-electron chi connectivity index (χ2n) is 8.14. The van der Waals surface area contributed by atoms with Gasteiger partial charge in [-0.3, -0.25) is 23.7 Å². The summed E-state index contributed by atoms with van der Waals surface area (Å²) in [6, 6.07) is 12.8. The van der Waals surface area contributed by atoms with E-state index >= 15 is 0 Å². The molecule has 2 heterocycles. The molecule has 0 unspecified atom stereocenters. The van der Waals surface area contributed by atoms with Crippen molar-refractivity contribution in [3.63, 3.8) is 0 Å². The molecule has 39 heavy (non-hydrogen) atoms. The quantitative estimate of drug-likeness (QED) is 0.237. The van der Waals surface area contributed by atoms with Gasteiger partial charge in [-0.15, -0.1) is 11.3 Å². The number of hydrogen-bond acceptors (Lipinski definition) is 10. The van der Waals surface area contributed by atoms with Crippen LogP contribution in [0.5, 0.6) is 5.88 Å². The fourth-order valence-electron chi connectivity index (χ4n) is 3.49. The van der Waals surface area contributed by atoms with Crippen LogP contribution >= 0.6 is 47.5 Å². The lowest BCUT2D eigenvalue weighted by Crippen LogP contribution is -2.27. The summed E-state index contributed by atoms with van der Waals surface area (Å²) < 4.78 is 53.0. The molecule has 16 heteroatoms. The summed E-state index contributed by atoms with van der Waals surface area (Å²) in [4.78, 5) is 15.1. The maximum atomic E-state index is 13.1. The summed E-state index contributed by atoms with van der Waals surface area (Å²) in [5, 5.41) is 10.8. The maximum Gasteiger partial charge on any atom is 0.270 e. The largest absolute Gasteiger partial charge is 0.493 e. The van der Waals surface area contributed by atoms with Crippen molar-refractivity contribution in [3.05, 3.63) is 74.4 Å². The third-order valence-electron chi connectivity index (χ3n) is 4.92.